The van der Waals surface area contributed by atoms with Gasteiger partial charge in [-0.15, -0.1) is 0 Å². The number of allylic oxidation sites excluding steroid dienone is 4. The number of unbranched alkanes of at least 4 members (excludes halogenated alkanes) is 3. The summed E-state index contributed by atoms with van der Waals surface area (Å²) in [5.41, 5.74) is 1.51. The molecule has 0 saturated heterocycles. The van der Waals surface area contributed by atoms with Crippen LogP contribution in [0.15, 0.2) is 23.8 Å². The summed E-state index contributed by atoms with van der Waals surface area (Å²) in [5.74, 6) is 0. The van der Waals surface area contributed by atoms with E-state index in [9.17, 15) is 0 Å². The van der Waals surface area contributed by atoms with E-state index in [0.29, 0.717) is 0 Å². The van der Waals surface area contributed by atoms with Crippen LogP contribution in [0, 0.1) is 0 Å². The molecule has 0 N–H and O–H groups in total. The van der Waals surface area contributed by atoms with Crippen LogP contribution < -0.4 is 0 Å². The molecule has 0 bridgehead atoms. The Bertz CT molecular complexity index is 151. The van der Waals surface area contributed by atoms with Gasteiger partial charge in [0.05, 0.1) is 0 Å². The molecule has 0 radical (unpaired) electrons. The van der Waals surface area contributed by atoms with Crippen molar-refractivity contribution < 1.29 is 0 Å². The molecule has 0 amide bonds. The van der Waals surface area contributed by atoms with Crippen molar-refractivity contribution in [2.24, 2.45) is 0 Å². The van der Waals surface area contributed by atoms with Crippen molar-refractivity contribution in [3.05, 3.63) is 23.8 Å². The summed E-state index contributed by atoms with van der Waals surface area (Å²) in [4.78, 5) is 0. The average Bonchev–Trinajstić information content (AvgIpc) is 2.13. The van der Waals surface area contributed by atoms with E-state index in [-0.39, 0.29) is 0 Å². The van der Waals surface area contributed by atoms with Crippen LogP contribution in [0.5, 0.6) is 0 Å². The van der Waals surface area contributed by atoms with Crippen LogP contribution in [0.2, 0.25) is 0 Å². The summed E-state index contributed by atoms with van der Waals surface area (Å²) in [7, 11) is 0. The highest BCUT2D eigenvalue weighted by molar-refractivity contribution is 5.10. The van der Waals surface area contributed by atoms with E-state index in [0.717, 1.165) is 0 Å². The lowest BCUT2D eigenvalue weighted by Gasteiger charge is -1.97. The molecule has 0 unspecified atom stereocenters. The zero-order valence-electron chi connectivity index (χ0n) is 9.47. The van der Waals surface area contributed by atoms with Gasteiger partial charge in [0.15, 0.2) is 0 Å². The molecule has 0 saturated carbocycles. The third-order valence-electron chi connectivity index (χ3n) is 2.15. The second-order valence-corrected chi connectivity index (χ2v) is 3.69. The van der Waals surface area contributed by atoms with Gasteiger partial charge < -0.3 is 0 Å². The smallest absolute Gasteiger partial charge is 0.0320 e. The molecular formula is C13H24. The lowest BCUT2D eigenvalue weighted by Crippen LogP contribution is -1.77. The van der Waals surface area contributed by atoms with Crippen LogP contribution >= 0.6 is 0 Å². The number of hydrogen-bond donors (Lipinski definition) is 0. The Morgan fingerprint density at radius 2 is 1.85 bits per heavy atom. The normalized spacial score (nSPS) is 12.7. The van der Waals surface area contributed by atoms with Crippen molar-refractivity contribution >= 4 is 0 Å². The fourth-order valence-electron chi connectivity index (χ4n) is 1.23. The van der Waals surface area contributed by atoms with Gasteiger partial charge in [-0.2, -0.15) is 0 Å². The van der Waals surface area contributed by atoms with Gasteiger partial charge in [-0.1, -0.05) is 56.9 Å². The molecule has 0 aliphatic heterocycles. The minimum atomic E-state index is 1.21. The first-order valence-electron chi connectivity index (χ1n) is 5.63. The summed E-state index contributed by atoms with van der Waals surface area (Å²) in [6, 6.07) is 0. The van der Waals surface area contributed by atoms with Crippen LogP contribution in [-0.4, -0.2) is 0 Å². The molecule has 0 atom stereocenters. The fraction of sp³-hybridized carbons (Fsp3) is 0.692. The van der Waals surface area contributed by atoms with Crippen molar-refractivity contribution in [3.63, 3.8) is 0 Å². The van der Waals surface area contributed by atoms with Crippen LogP contribution in [0.25, 0.3) is 0 Å². The summed E-state index contributed by atoms with van der Waals surface area (Å²) in [6.45, 7) is 6.69. The molecule has 0 aliphatic carbocycles. The van der Waals surface area contributed by atoms with Crippen LogP contribution in [-0.2, 0) is 0 Å². The molecule has 0 rings (SSSR count). The minimum absolute atomic E-state index is 1.21. The Kier molecular flexibility index (Phi) is 9.18. The van der Waals surface area contributed by atoms with Crippen LogP contribution in [0.3, 0.4) is 0 Å². The first kappa shape index (κ1) is 12.5. The van der Waals surface area contributed by atoms with E-state index in [1.807, 2.05) is 0 Å². The Morgan fingerprint density at radius 1 is 1.08 bits per heavy atom. The number of hydrogen-bond acceptors (Lipinski definition) is 0. The monoisotopic (exact) mass is 180 g/mol. The molecule has 0 fully saturated rings. The fourth-order valence-corrected chi connectivity index (χ4v) is 1.23. The molecule has 0 aromatic carbocycles. The van der Waals surface area contributed by atoms with Gasteiger partial charge in [0.2, 0.25) is 0 Å². The Hall–Kier alpha value is -0.520. The molecule has 0 spiro atoms. The van der Waals surface area contributed by atoms with Crippen molar-refractivity contribution in [2.75, 3.05) is 0 Å². The third-order valence-corrected chi connectivity index (χ3v) is 2.15. The van der Waals surface area contributed by atoms with Crippen molar-refractivity contribution in [1.82, 2.24) is 0 Å². The first-order valence-corrected chi connectivity index (χ1v) is 5.63. The van der Waals surface area contributed by atoms with Crippen molar-refractivity contribution in [2.45, 2.75) is 59.3 Å². The maximum absolute atomic E-state index is 2.26. The van der Waals surface area contributed by atoms with E-state index >= 15 is 0 Å². The Labute approximate surface area is 83.7 Å². The highest BCUT2D eigenvalue weighted by atomic mass is 13.9. The SMILES string of the molecule is CCC/C=C/C=C(/C)CCCCC. The predicted octanol–water partition coefficient (Wildman–Crippen LogP) is 4.87. The van der Waals surface area contributed by atoms with Crippen molar-refractivity contribution in [1.29, 1.82) is 0 Å². The van der Waals surface area contributed by atoms with E-state index in [2.05, 4.69) is 39.0 Å². The molecule has 0 heteroatoms. The van der Waals surface area contributed by atoms with E-state index in [4.69, 9.17) is 0 Å². The van der Waals surface area contributed by atoms with Gasteiger partial charge in [-0.25, -0.2) is 0 Å². The maximum atomic E-state index is 2.26. The molecule has 0 aromatic rings. The zero-order valence-corrected chi connectivity index (χ0v) is 9.47. The van der Waals surface area contributed by atoms with Gasteiger partial charge in [-0.05, 0) is 26.2 Å². The molecule has 0 aromatic heterocycles. The average molecular weight is 180 g/mol. The summed E-state index contributed by atoms with van der Waals surface area (Å²) in [6.07, 6.45) is 14.5. The van der Waals surface area contributed by atoms with E-state index in [1.54, 1.807) is 0 Å². The molecule has 0 aliphatic rings. The quantitative estimate of drug-likeness (QED) is 0.387. The molecule has 0 nitrogen and oxygen atoms in total. The van der Waals surface area contributed by atoms with Crippen LogP contribution in [0.1, 0.15) is 59.3 Å². The molecule has 0 heterocycles. The maximum Gasteiger partial charge on any atom is -0.0320 e. The Balaban J connectivity index is 3.50. The molecular weight excluding hydrogens is 156 g/mol. The standard InChI is InChI=1S/C13H24/c1-4-6-8-10-12-13(3)11-9-7-5-2/h8,10,12H,4-7,9,11H2,1-3H3/b10-8+,13-12-. The van der Waals surface area contributed by atoms with Gasteiger partial charge in [0.25, 0.3) is 0 Å². The van der Waals surface area contributed by atoms with Crippen LogP contribution in [0.4, 0.5) is 0 Å². The van der Waals surface area contributed by atoms with E-state index < -0.39 is 0 Å². The zero-order chi connectivity index (χ0) is 9.94. The third kappa shape index (κ3) is 9.39. The highest BCUT2D eigenvalue weighted by Crippen LogP contribution is 2.08. The topological polar surface area (TPSA) is 0 Å². The summed E-state index contributed by atoms with van der Waals surface area (Å²) >= 11 is 0. The predicted molar refractivity (Wildman–Crippen MR) is 61.9 cm³/mol. The van der Waals surface area contributed by atoms with Gasteiger partial charge in [-0.3, -0.25) is 0 Å². The highest BCUT2D eigenvalue weighted by Gasteiger charge is 1.87. The van der Waals surface area contributed by atoms with Crippen molar-refractivity contribution in [3.8, 4) is 0 Å². The van der Waals surface area contributed by atoms with Gasteiger partial charge >= 0.3 is 0 Å². The van der Waals surface area contributed by atoms with Gasteiger partial charge in [0.1, 0.15) is 0 Å². The van der Waals surface area contributed by atoms with Gasteiger partial charge in [0, 0.05) is 0 Å². The summed E-state index contributed by atoms with van der Waals surface area (Å²) in [5, 5.41) is 0. The lowest BCUT2D eigenvalue weighted by atomic mass is 10.1. The Morgan fingerprint density at radius 3 is 2.46 bits per heavy atom. The lowest BCUT2D eigenvalue weighted by molar-refractivity contribution is 0.713. The summed E-state index contributed by atoms with van der Waals surface area (Å²) < 4.78 is 0. The minimum Gasteiger partial charge on any atom is -0.0845 e. The molecule has 13 heavy (non-hydrogen) atoms. The largest absolute Gasteiger partial charge is 0.0845 e. The second kappa shape index (κ2) is 9.57. The molecule has 76 valence electrons. The first-order chi connectivity index (χ1) is 6.31. The number of rotatable bonds is 7. The van der Waals surface area contributed by atoms with E-state index in [1.165, 1.54) is 44.1 Å². The second-order valence-electron chi connectivity index (χ2n) is 3.69.